The number of hydrogen-bond acceptors (Lipinski definition) is 3. The largest absolute Gasteiger partial charge is 0.478 e. The Morgan fingerprint density at radius 2 is 2.43 bits per heavy atom. The molecule has 2 rings (SSSR count). The molecule has 74 valence electrons. The zero-order valence-electron chi connectivity index (χ0n) is 7.83. The second-order valence-electron chi connectivity index (χ2n) is 3.13. The van der Waals surface area contributed by atoms with Crippen LogP contribution in [-0.2, 0) is 6.42 Å². The third kappa shape index (κ3) is 1.46. The Labute approximate surface area is 86.5 Å². The van der Waals surface area contributed by atoms with Crippen LogP contribution in [0, 0.1) is 0 Å². The molecule has 0 aromatic heterocycles. The van der Waals surface area contributed by atoms with E-state index >= 15 is 0 Å². The summed E-state index contributed by atoms with van der Waals surface area (Å²) in [6.45, 7) is 1.97. The third-order valence-electron chi connectivity index (χ3n) is 2.31. The van der Waals surface area contributed by atoms with E-state index in [1.54, 1.807) is 17.8 Å². The van der Waals surface area contributed by atoms with Crippen LogP contribution in [0.4, 0.5) is 5.69 Å². The van der Waals surface area contributed by atoms with Crippen LogP contribution in [-0.4, -0.2) is 17.0 Å². The van der Waals surface area contributed by atoms with Gasteiger partial charge in [0.05, 0.1) is 11.4 Å². The van der Waals surface area contributed by atoms with Crippen molar-refractivity contribution in [3.63, 3.8) is 0 Å². The molecule has 0 fully saturated rings. The number of nitrogens with one attached hydrogen (secondary N) is 1. The maximum atomic E-state index is 10.9. The second-order valence-corrected chi connectivity index (χ2v) is 4.15. The van der Waals surface area contributed by atoms with Crippen molar-refractivity contribution in [1.29, 1.82) is 0 Å². The molecule has 1 aromatic rings. The van der Waals surface area contributed by atoms with Crippen molar-refractivity contribution in [2.45, 2.75) is 18.2 Å². The first-order chi connectivity index (χ1) is 6.72. The number of aromatic carboxylic acids is 1. The van der Waals surface area contributed by atoms with Crippen LogP contribution in [0.25, 0.3) is 0 Å². The van der Waals surface area contributed by atoms with Crippen molar-refractivity contribution >= 4 is 23.4 Å². The number of anilines is 1. The van der Waals surface area contributed by atoms with E-state index in [0.717, 1.165) is 28.4 Å². The number of hydrogen-bond donors (Lipinski definition) is 2. The van der Waals surface area contributed by atoms with Crippen LogP contribution in [0.3, 0.4) is 0 Å². The summed E-state index contributed by atoms with van der Waals surface area (Å²) in [5, 5.41) is 12.1. The van der Waals surface area contributed by atoms with Gasteiger partial charge in [0, 0.05) is 10.6 Å². The molecule has 0 unspecified atom stereocenters. The van der Waals surface area contributed by atoms with Crippen molar-refractivity contribution in [2.75, 3.05) is 11.2 Å². The molecule has 0 bridgehead atoms. The normalized spacial score (nSPS) is 13.5. The maximum Gasteiger partial charge on any atom is 0.336 e. The summed E-state index contributed by atoms with van der Waals surface area (Å²) in [4.78, 5) is 12.1. The van der Waals surface area contributed by atoms with Gasteiger partial charge in [-0.3, -0.25) is 0 Å². The zero-order valence-corrected chi connectivity index (χ0v) is 8.65. The zero-order chi connectivity index (χ0) is 10.1. The maximum absolute atomic E-state index is 10.9. The van der Waals surface area contributed by atoms with E-state index in [0.29, 0.717) is 5.56 Å². The first kappa shape index (κ1) is 9.40. The minimum Gasteiger partial charge on any atom is -0.478 e. The van der Waals surface area contributed by atoms with Gasteiger partial charge in [0.2, 0.25) is 0 Å². The van der Waals surface area contributed by atoms with Crippen molar-refractivity contribution in [2.24, 2.45) is 0 Å². The number of benzene rings is 1. The molecular weight excluding hydrogens is 198 g/mol. The standard InChI is InChI=1S/C10H11NO2S/c1-2-6-3-9-8(11-5-14-9)4-7(6)10(12)13/h3-4,11H,2,5H2,1H3,(H,12,13). The van der Waals surface area contributed by atoms with Crippen molar-refractivity contribution < 1.29 is 9.90 Å². The van der Waals surface area contributed by atoms with Gasteiger partial charge in [-0.05, 0) is 24.1 Å². The average Bonchev–Trinajstić information content (AvgIpc) is 2.62. The molecule has 0 aliphatic carbocycles. The van der Waals surface area contributed by atoms with Gasteiger partial charge in [-0.25, -0.2) is 4.79 Å². The lowest BCUT2D eigenvalue weighted by Gasteiger charge is -2.06. The van der Waals surface area contributed by atoms with E-state index in [2.05, 4.69) is 5.32 Å². The molecule has 1 aromatic carbocycles. The minimum absolute atomic E-state index is 0.418. The fourth-order valence-electron chi connectivity index (χ4n) is 1.56. The third-order valence-corrected chi connectivity index (χ3v) is 3.24. The SMILES string of the molecule is CCc1cc2c(cc1C(=O)O)NCS2. The number of aryl methyl sites for hydroxylation is 1. The van der Waals surface area contributed by atoms with Gasteiger partial charge in [-0.1, -0.05) is 6.92 Å². The molecule has 0 radical (unpaired) electrons. The summed E-state index contributed by atoms with van der Waals surface area (Å²) in [6.07, 6.45) is 0.759. The fourth-order valence-corrected chi connectivity index (χ4v) is 2.46. The van der Waals surface area contributed by atoms with Gasteiger partial charge in [0.25, 0.3) is 0 Å². The van der Waals surface area contributed by atoms with E-state index in [1.807, 2.05) is 13.0 Å². The van der Waals surface area contributed by atoms with E-state index in [-0.39, 0.29) is 0 Å². The molecule has 3 nitrogen and oxygen atoms in total. The molecule has 0 saturated heterocycles. The predicted molar refractivity (Wildman–Crippen MR) is 57.1 cm³/mol. The molecule has 2 N–H and O–H groups in total. The Bertz CT molecular complexity index is 390. The van der Waals surface area contributed by atoms with Gasteiger partial charge in [0.15, 0.2) is 0 Å². The molecular formula is C10H11NO2S. The van der Waals surface area contributed by atoms with Crippen LogP contribution >= 0.6 is 11.8 Å². The minimum atomic E-state index is -0.844. The van der Waals surface area contributed by atoms with Crippen LogP contribution in [0.2, 0.25) is 0 Å². The lowest BCUT2D eigenvalue weighted by molar-refractivity contribution is 0.0695. The molecule has 0 amide bonds. The number of carbonyl (C=O) groups is 1. The molecule has 1 heterocycles. The molecule has 4 heteroatoms. The summed E-state index contributed by atoms with van der Waals surface area (Å²) >= 11 is 1.71. The van der Waals surface area contributed by atoms with Gasteiger partial charge >= 0.3 is 5.97 Å². The highest BCUT2D eigenvalue weighted by molar-refractivity contribution is 7.99. The van der Waals surface area contributed by atoms with Crippen LogP contribution in [0.1, 0.15) is 22.8 Å². The Balaban J connectivity index is 2.54. The summed E-state index contributed by atoms with van der Waals surface area (Å²) in [6, 6.07) is 3.71. The lowest BCUT2D eigenvalue weighted by Crippen LogP contribution is -2.02. The highest BCUT2D eigenvalue weighted by Gasteiger charge is 2.17. The Morgan fingerprint density at radius 1 is 1.64 bits per heavy atom. The Kier molecular flexibility index (Phi) is 2.37. The quantitative estimate of drug-likeness (QED) is 0.785. The Morgan fingerprint density at radius 3 is 3.07 bits per heavy atom. The smallest absolute Gasteiger partial charge is 0.336 e. The van der Waals surface area contributed by atoms with Gasteiger partial charge < -0.3 is 10.4 Å². The highest BCUT2D eigenvalue weighted by atomic mass is 32.2. The number of carboxylic acid groups (broad SMARTS) is 1. The second kappa shape index (κ2) is 3.53. The summed E-state index contributed by atoms with van der Waals surface area (Å²) in [5.74, 6) is -0.00924. The van der Waals surface area contributed by atoms with Crippen LogP contribution in [0.5, 0.6) is 0 Å². The summed E-state index contributed by atoms with van der Waals surface area (Å²) in [5.41, 5.74) is 2.28. The van der Waals surface area contributed by atoms with Gasteiger partial charge in [-0.15, -0.1) is 11.8 Å². The first-order valence-corrected chi connectivity index (χ1v) is 5.48. The predicted octanol–water partition coefficient (Wildman–Crippen LogP) is 2.42. The molecule has 0 saturated carbocycles. The molecule has 1 aliphatic rings. The number of thioether (sulfide) groups is 1. The first-order valence-electron chi connectivity index (χ1n) is 4.49. The van der Waals surface area contributed by atoms with E-state index < -0.39 is 5.97 Å². The number of fused-ring (bicyclic) bond motifs is 1. The monoisotopic (exact) mass is 209 g/mol. The molecule has 14 heavy (non-hydrogen) atoms. The topological polar surface area (TPSA) is 49.3 Å². The van der Waals surface area contributed by atoms with Crippen LogP contribution in [0.15, 0.2) is 17.0 Å². The van der Waals surface area contributed by atoms with E-state index in [1.165, 1.54) is 0 Å². The summed E-state index contributed by atoms with van der Waals surface area (Å²) < 4.78 is 0. The van der Waals surface area contributed by atoms with Crippen molar-refractivity contribution in [1.82, 2.24) is 0 Å². The molecule has 0 spiro atoms. The number of rotatable bonds is 2. The summed E-state index contributed by atoms with van der Waals surface area (Å²) in [7, 11) is 0. The van der Waals surface area contributed by atoms with Crippen molar-refractivity contribution in [3.8, 4) is 0 Å². The van der Waals surface area contributed by atoms with Gasteiger partial charge in [-0.2, -0.15) is 0 Å². The van der Waals surface area contributed by atoms with Gasteiger partial charge in [0.1, 0.15) is 0 Å². The van der Waals surface area contributed by atoms with Crippen LogP contribution < -0.4 is 5.32 Å². The van der Waals surface area contributed by atoms with Crippen molar-refractivity contribution in [3.05, 3.63) is 23.3 Å². The highest BCUT2D eigenvalue weighted by Crippen LogP contribution is 2.35. The molecule has 0 atom stereocenters. The van der Waals surface area contributed by atoms with E-state index in [9.17, 15) is 4.79 Å². The average molecular weight is 209 g/mol. The number of carboxylic acids is 1. The molecule has 1 aliphatic heterocycles. The Hall–Kier alpha value is -1.16. The fraction of sp³-hybridized carbons (Fsp3) is 0.300. The lowest BCUT2D eigenvalue weighted by atomic mass is 10.0. The van der Waals surface area contributed by atoms with E-state index in [4.69, 9.17) is 5.11 Å².